The van der Waals surface area contributed by atoms with Crippen LogP contribution in [0.5, 0.6) is 5.75 Å². The van der Waals surface area contributed by atoms with Crippen LogP contribution in [0.4, 0.5) is 0 Å². The molecule has 6 heteroatoms. The average molecular weight is 328 g/mol. The smallest absolute Gasteiger partial charge is 0.258 e. The van der Waals surface area contributed by atoms with Gasteiger partial charge in [-0.25, -0.2) is 0 Å². The summed E-state index contributed by atoms with van der Waals surface area (Å²) >= 11 is 3.32. The van der Waals surface area contributed by atoms with Crippen LogP contribution in [0.25, 0.3) is 0 Å². The van der Waals surface area contributed by atoms with Crippen molar-refractivity contribution in [3.05, 3.63) is 28.2 Å². The van der Waals surface area contributed by atoms with Crippen molar-refractivity contribution in [2.24, 2.45) is 5.73 Å². The molecule has 1 fully saturated rings. The third-order valence-electron chi connectivity index (χ3n) is 3.41. The second kappa shape index (κ2) is 5.90. The summed E-state index contributed by atoms with van der Waals surface area (Å²) in [5.74, 6) is -0.162. The zero-order valence-electron chi connectivity index (χ0n) is 10.8. The highest BCUT2D eigenvalue weighted by molar-refractivity contribution is 9.10. The van der Waals surface area contributed by atoms with Crippen LogP contribution in [0.2, 0.25) is 0 Å². The molecule has 0 spiro atoms. The quantitative estimate of drug-likeness (QED) is 0.845. The summed E-state index contributed by atoms with van der Waals surface area (Å²) in [5.41, 5.74) is 6.06. The Kier molecular flexibility index (Phi) is 4.44. The fourth-order valence-electron chi connectivity index (χ4n) is 2.31. The number of nitrogens with zero attached hydrogens (tertiary/aromatic N) is 2. The van der Waals surface area contributed by atoms with Crippen LogP contribution >= 0.6 is 15.9 Å². The topological polar surface area (TPSA) is 69.8 Å². The van der Waals surface area contributed by atoms with E-state index < -0.39 is 0 Å². The van der Waals surface area contributed by atoms with Crippen LogP contribution in [0, 0.1) is 0 Å². The van der Waals surface area contributed by atoms with E-state index in [1.807, 2.05) is 7.05 Å². The number of carbonyl (C=O) groups excluding carboxylic acids is 1. The molecule has 1 saturated heterocycles. The van der Waals surface area contributed by atoms with Crippen molar-refractivity contribution >= 4 is 21.8 Å². The molecule has 1 atom stereocenters. The predicted molar refractivity (Wildman–Crippen MR) is 77.2 cm³/mol. The van der Waals surface area contributed by atoms with Crippen molar-refractivity contribution in [1.82, 2.24) is 9.80 Å². The molecule has 0 saturated carbocycles. The van der Waals surface area contributed by atoms with Crippen molar-refractivity contribution in [3.63, 3.8) is 0 Å². The van der Waals surface area contributed by atoms with Gasteiger partial charge in [0.2, 0.25) is 0 Å². The first-order valence-electron chi connectivity index (χ1n) is 6.21. The van der Waals surface area contributed by atoms with Crippen LogP contribution in [0.3, 0.4) is 0 Å². The van der Waals surface area contributed by atoms with Gasteiger partial charge >= 0.3 is 0 Å². The molecule has 0 bridgehead atoms. The Morgan fingerprint density at radius 1 is 1.53 bits per heavy atom. The third-order valence-corrected chi connectivity index (χ3v) is 3.90. The fourth-order valence-corrected chi connectivity index (χ4v) is 2.68. The number of rotatable bonds is 2. The Bertz CT molecular complexity index is 481. The van der Waals surface area contributed by atoms with Gasteiger partial charge < -0.3 is 20.6 Å². The number of aromatic hydroxyl groups is 1. The fraction of sp³-hybridized carbons (Fsp3) is 0.462. The van der Waals surface area contributed by atoms with E-state index in [1.54, 1.807) is 17.0 Å². The van der Waals surface area contributed by atoms with E-state index in [0.29, 0.717) is 18.7 Å². The normalized spacial score (nSPS) is 20.6. The van der Waals surface area contributed by atoms with Gasteiger partial charge in [0.05, 0.1) is 11.6 Å². The molecule has 19 heavy (non-hydrogen) atoms. The van der Waals surface area contributed by atoms with Crippen molar-refractivity contribution in [2.45, 2.75) is 6.04 Å². The second-order valence-corrected chi connectivity index (χ2v) is 5.73. The maximum absolute atomic E-state index is 12.5. The van der Waals surface area contributed by atoms with Crippen molar-refractivity contribution in [3.8, 4) is 5.75 Å². The van der Waals surface area contributed by atoms with E-state index in [9.17, 15) is 9.90 Å². The number of phenolic OH excluding ortho intramolecular Hbond substituents is 1. The molecule has 5 nitrogen and oxygen atoms in total. The Labute approximate surface area is 121 Å². The standard InChI is InChI=1S/C13H18BrN3O2/c1-16-4-5-17(10(7-15)8-16)13(19)11-6-9(14)2-3-12(11)18/h2-3,6,10,18H,4-5,7-8,15H2,1H3. The number of nitrogens with two attached hydrogens (primary N) is 1. The van der Waals surface area contributed by atoms with E-state index >= 15 is 0 Å². The van der Waals surface area contributed by atoms with Crippen molar-refractivity contribution in [1.29, 1.82) is 0 Å². The number of amides is 1. The van der Waals surface area contributed by atoms with E-state index in [0.717, 1.165) is 17.6 Å². The summed E-state index contributed by atoms with van der Waals surface area (Å²) in [4.78, 5) is 16.4. The molecule has 1 aliphatic heterocycles. The summed E-state index contributed by atoms with van der Waals surface area (Å²) in [6.07, 6.45) is 0. The molecule has 1 heterocycles. The number of likely N-dealkylation sites (N-methyl/N-ethyl adjacent to an activating group) is 1. The number of carbonyl (C=O) groups is 1. The molecule has 1 aromatic rings. The first-order chi connectivity index (χ1) is 9.02. The molecular formula is C13H18BrN3O2. The van der Waals surface area contributed by atoms with Gasteiger partial charge in [0.1, 0.15) is 5.75 Å². The minimum atomic E-state index is -0.164. The molecular weight excluding hydrogens is 310 g/mol. The Morgan fingerprint density at radius 2 is 2.26 bits per heavy atom. The van der Waals surface area contributed by atoms with E-state index in [4.69, 9.17) is 5.73 Å². The second-order valence-electron chi connectivity index (χ2n) is 4.81. The third kappa shape index (κ3) is 3.08. The number of phenols is 1. The Balaban J connectivity index is 2.25. The molecule has 0 radical (unpaired) electrons. The maximum atomic E-state index is 12.5. The Morgan fingerprint density at radius 3 is 2.95 bits per heavy atom. The number of hydrogen-bond donors (Lipinski definition) is 2. The molecule has 1 amide bonds. The Hall–Kier alpha value is -1.11. The van der Waals surface area contributed by atoms with Gasteiger partial charge in [-0.2, -0.15) is 0 Å². The van der Waals surface area contributed by atoms with Crippen LogP contribution in [-0.2, 0) is 0 Å². The van der Waals surface area contributed by atoms with Crippen LogP contribution in [-0.4, -0.2) is 60.1 Å². The molecule has 1 unspecified atom stereocenters. The zero-order chi connectivity index (χ0) is 14.0. The lowest BCUT2D eigenvalue weighted by Crippen LogP contribution is -2.56. The van der Waals surface area contributed by atoms with Gasteiger partial charge in [0.15, 0.2) is 0 Å². The highest BCUT2D eigenvalue weighted by atomic mass is 79.9. The number of piperazine rings is 1. The van der Waals surface area contributed by atoms with Gasteiger partial charge in [-0.3, -0.25) is 4.79 Å². The van der Waals surface area contributed by atoms with E-state index in [1.165, 1.54) is 6.07 Å². The van der Waals surface area contributed by atoms with Crippen LogP contribution < -0.4 is 5.73 Å². The predicted octanol–water partition coefficient (Wildman–Crippen LogP) is 0.870. The lowest BCUT2D eigenvalue weighted by molar-refractivity contribution is 0.0513. The molecule has 1 aliphatic rings. The molecule has 104 valence electrons. The highest BCUT2D eigenvalue weighted by Crippen LogP contribution is 2.24. The van der Waals surface area contributed by atoms with Gasteiger partial charge in [-0.1, -0.05) is 15.9 Å². The van der Waals surface area contributed by atoms with E-state index in [2.05, 4.69) is 20.8 Å². The maximum Gasteiger partial charge on any atom is 0.258 e. The largest absolute Gasteiger partial charge is 0.507 e. The number of hydrogen-bond acceptors (Lipinski definition) is 4. The van der Waals surface area contributed by atoms with Gasteiger partial charge in [0.25, 0.3) is 5.91 Å². The monoisotopic (exact) mass is 327 g/mol. The summed E-state index contributed by atoms with van der Waals surface area (Å²) in [6.45, 7) is 2.63. The SMILES string of the molecule is CN1CCN(C(=O)c2cc(Br)ccc2O)C(CN)C1. The molecule has 0 aromatic heterocycles. The van der Waals surface area contributed by atoms with Gasteiger partial charge in [0, 0.05) is 30.7 Å². The summed E-state index contributed by atoms with van der Waals surface area (Å²) in [5, 5.41) is 9.84. The molecule has 3 N–H and O–H groups in total. The first-order valence-corrected chi connectivity index (χ1v) is 7.00. The summed E-state index contributed by atoms with van der Waals surface area (Å²) in [6, 6.07) is 4.86. The van der Waals surface area contributed by atoms with E-state index in [-0.39, 0.29) is 17.7 Å². The summed E-state index contributed by atoms with van der Waals surface area (Å²) in [7, 11) is 2.01. The van der Waals surface area contributed by atoms with Crippen molar-refractivity contribution < 1.29 is 9.90 Å². The lowest BCUT2D eigenvalue weighted by Gasteiger charge is -2.39. The van der Waals surface area contributed by atoms with Crippen molar-refractivity contribution in [2.75, 3.05) is 33.2 Å². The van der Waals surface area contributed by atoms with Crippen LogP contribution in [0.15, 0.2) is 22.7 Å². The number of benzene rings is 1. The van der Waals surface area contributed by atoms with Crippen LogP contribution in [0.1, 0.15) is 10.4 Å². The van der Waals surface area contributed by atoms with Gasteiger partial charge in [-0.05, 0) is 25.2 Å². The zero-order valence-corrected chi connectivity index (χ0v) is 12.4. The first kappa shape index (κ1) is 14.3. The van der Waals surface area contributed by atoms with Gasteiger partial charge in [-0.15, -0.1) is 0 Å². The minimum absolute atomic E-state index is 0.00268. The molecule has 1 aromatic carbocycles. The molecule has 2 rings (SSSR count). The molecule has 0 aliphatic carbocycles. The minimum Gasteiger partial charge on any atom is -0.507 e. The highest BCUT2D eigenvalue weighted by Gasteiger charge is 2.29. The number of halogens is 1. The summed E-state index contributed by atoms with van der Waals surface area (Å²) < 4.78 is 0.770. The lowest BCUT2D eigenvalue weighted by atomic mass is 10.1. The average Bonchev–Trinajstić information content (AvgIpc) is 2.40.